The number of Topliss-reactive ketones (excluding diaryl/α,β-unsaturated/α-hetero) is 1. The number of carbonyl (C=O) groups excluding carboxylic acids is 1. The Morgan fingerprint density at radius 3 is 2.43 bits per heavy atom. The highest BCUT2D eigenvalue weighted by Gasteiger charge is 2.13. The van der Waals surface area contributed by atoms with Crippen LogP contribution in [0.2, 0.25) is 0 Å². The maximum atomic E-state index is 13.6. The van der Waals surface area contributed by atoms with E-state index in [2.05, 4.69) is 0 Å². The Bertz CT molecular complexity index is 727. The molecule has 0 unspecified atom stereocenters. The monoisotopic (exact) mass is 281 g/mol. The number of nitrogens with zero attached hydrogens (tertiary/aromatic N) is 1. The van der Waals surface area contributed by atoms with Gasteiger partial charge >= 0.3 is 0 Å². The lowest BCUT2D eigenvalue weighted by Gasteiger charge is -2.03. The molecular formula is C17H12FNO2. The summed E-state index contributed by atoms with van der Waals surface area (Å²) in [6.07, 6.45) is 1.25. The van der Waals surface area contributed by atoms with Gasteiger partial charge in [0.1, 0.15) is 23.2 Å². The Morgan fingerprint density at radius 2 is 1.86 bits per heavy atom. The highest BCUT2D eigenvalue weighted by molar-refractivity contribution is 6.14. The van der Waals surface area contributed by atoms with Gasteiger partial charge in [0.05, 0.1) is 7.11 Å². The summed E-state index contributed by atoms with van der Waals surface area (Å²) in [6, 6.07) is 14.2. The molecule has 0 aliphatic heterocycles. The number of benzene rings is 2. The Hall–Kier alpha value is -2.93. The van der Waals surface area contributed by atoms with Gasteiger partial charge in [-0.3, -0.25) is 4.79 Å². The fourth-order valence-corrected chi connectivity index (χ4v) is 1.79. The van der Waals surface area contributed by atoms with E-state index in [1.807, 2.05) is 6.07 Å². The van der Waals surface area contributed by atoms with Gasteiger partial charge in [-0.1, -0.05) is 18.2 Å². The molecule has 0 spiro atoms. The van der Waals surface area contributed by atoms with E-state index in [1.54, 1.807) is 36.4 Å². The van der Waals surface area contributed by atoms with Crippen molar-refractivity contribution in [3.63, 3.8) is 0 Å². The van der Waals surface area contributed by atoms with Gasteiger partial charge in [0.2, 0.25) is 5.78 Å². The van der Waals surface area contributed by atoms with E-state index in [-0.39, 0.29) is 11.1 Å². The van der Waals surface area contributed by atoms with Crippen LogP contribution in [-0.2, 0) is 0 Å². The number of allylic oxidation sites excluding steroid dienone is 1. The van der Waals surface area contributed by atoms with Gasteiger partial charge in [-0.25, -0.2) is 4.39 Å². The summed E-state index contributed by atoms with van der Waals surface area (Å²) < 4.78 is 18.6. The van der Waals surface area contributed by atoms with Crippen LogP contribution in [0.4, 0.5) is 4.39 Å². The van der Waals surface area contributed by atoms with Crippen molar-refractivity contribution in [1.82, 2.24) is 0 Å². The number of methoxy groups -OCH3 is 1. The standard InChI is InChI=1S/C17H12FNO2/c1-21-15-8-6-12(7-9-15)17(20)14(11-19)10-13-4-2-3-5-16(13)18/h2-10H,1H3/b14-10-. The maximum absolute atomic E-state index is 13.6. The van der Waals surface area contributed by atoms with Gasteiger partial charge in [0.15, 0.2) is 0 Å². The SMILES string of the molecule is COc1ccc(C(=O)/C(C#N)=C\c2ccccc2F)cc1. The van der Waals surface area contributed by atoms with Crippen LogP contribution < -0.4 is 4.74 Å². The second kappa shape index (κ2) is 6.49. The molecule has 2 aromatic carbocycles. The molecule has 21 heavy (non-hydrogen) atoms. The Morgan fingerprint density at radius 1 is 1.19 bits per heavy atom. The fourth-order valence-electron chi connectivity index (χ4n) is 1.79. The average molecular weight is 281 g/mol. The third kappa shape index (κ3) is 3.34. The molecule has 4 heteroatoms. The molecule has 0 heterocycles. The lowest BCUT2D eigenvalue weighted by Crippen LogP contribution is -2.02. The van der Waals surface area contributed by atoms with Gasteiger partial charge in [0.25, 0.3) is 0 Å². The van der Waals surface area contributed by atoms with Crippen molar-refractivity contribution >= 4 is 11.9 Å². The van der Waals surface area contributed by atoms with E-state index in [1.165, 1.54) is 25.3 Å². The number of ketones is 1. The van der Waals surface area contributed by atoms with Crippen LogP contribution in [0.5, 0.6) is 5.75 Å². The van der Waals surface area contributed by atoms with Crippen molar-refractivity contribution < 1.29 is 13.9 Å². The van der Waals surface area contributed by atoms with Crippen molar-refractivity contribution in [3.8, 4) is 11.8 Å². The largest absolute Gasteiger partial charge is 0.497 e. The third-order valence-electron chi connectivity index (χ3n) is 2.92. The summed E-state index contributed by atoms with van der Waals surface area (Å²) in [5.41, 5.74) is 0.432. The van der Waals surface area contributed by atoms with E-state index in [9.17, 15) is 9.18 Å². The normalized spacial score (nSPS) is 10.8. The average Bonchev–Trinajstić information content (AvgIpc) is 2.53. The van der Waals surface area contributed by atoms with E-state index >= 15 is 0 Å². The molecule has 0 atom stereocenters. The minimum absolute atomic E-state index is 0.120. The summed E-state index contributed by atoms with van der Waals surface area (Å²) >= 11 is 0. The molecule has 0 aliphatic rings. The minimum atomic E-state index is -0.479. The van der Waals surface area contributed by atoms with Crippen LogP contribution in [0, 0.1) is 17.1 Å². The molecule has 104 valence electrons. The summed E-state index contributed by atoms with van der Waals surface area (Å²) in [6.45, 7) is 0. The molecule has 2 rings (SSSR count). The van der Waals surface area contributed by atoms with Crippen LogP contribution >= 0.6 is 0 Å². The molecule has 0 saturated heterocycles. The van der Waals surface area contributed by atoms with Crippen LogP contribution in [0.15, 0.2) is 54.1 Å². The zero-order valence-corrected chi connectivity index (χ0v) is 11.3. The van der Waals surface area contributed by atoms with Crippen LogP contribution in [0.25, 0.3) is 6.08 Å². The predicted molar refractivity (Wildman–Crippen MR) is 77.3 cm³/mol. The number of hydrogen-bond acceptors (Lipinski definition) is 3. The second-order valence-corrected chi connectivity index (χ2v) is 4.25. The predicted octanol–water partition coefficient (Wildman–Crippen LogP) is 3.62. The number of rotatable bonds is 4. The first-order valence-electron chi connectivity index (χ1n) is 6.21. The topological polar surface area (TPSA) is 50.1 Å². The molecule has 0 amide bonds. The minimum Gasteiger partial charge on any atom is -0.497 e. The first kappa shape index (κ1) is 14.5. The zero-order chi connectivity index (χ0) is 15.2. The number of nitriles is 1. The summed E-state index contributed by atoms with van der Waals surface area (Å²) in [5, 5.41) is 9.12. The van der Waals surface area contributed by atoms with Crippen LogP contribution in [0.1, 0.15) is 15.9 Å². The van der Waals surface area contributed by atoms with Crippen molar-refractivity contribution in [2.75, 3.05) is 7.11 Å². The van der Waals surface area contributed by atoms with E-state index in [0.717, 1.165) is 0 Å². The Labute approximate surface area is 121 Å². The summed E-state index contributed by atoms with van der Waals surface area (Å²) in [5.74, 6) is -0.320. The van der Waals surface area contributed by atoms with Gasteiger partial charge in [-0.15, -0.1) is 0 Å². The lowest BCUT2D eigenvalue weighted by molar-refractivity contribution is 0.104. The molecule has 0 fully saturated rings. The van der Waals surface area contributed by atoms with Gasteiger partial charge in [-0.05, 0) is 36.4 Å². The fraction of sp³-hybridized carbons (Fsp3) is 0.0588. The van der Waals surface area contributed by atoms with Crippen LogP contribution in [-0.4, -0.2) is 12.9 Å². The van der Waals surface area contributed by atoms with E-state index in [0.29, 0.717) is 11.3 Å². The Kier molecular flexibility index (Phi) is 4.47. The van der Waals surface area contributed by atoms with E-state index in [4.69, 9.17) is 10.00 Å². The smallest absolute Gasteiger partial charge is 0.203 e. The van der Waals surface area contributed by atoms with Crippen molar-refractivity contribution in [3.05, 3.63) is 71.0 Å². The molecular weight excluding hydrogens is 269 g/mol. The molecule has 0 radical (unpaired) electrons. The lowest BCUT2D eigenvalue weighted by atomic mass is 10.0. The first-order chi connectivity index (χ1) is 10.2. The molecule has 0 N–H and O–H groups in total. The van der Waals surface area contributed by atoms with Gasteiger partial charge in [-0.2, -0.15) is 5.26 Å². The maximum Gasteiger partial charge on any atom is 0.203 e. The first-order valence-corrected chi connectivity index (χ1v) is 6.21. The number of ether oxygens (including phenoxy) is 1. The highest BCUT2D eigenvalue weighted by atomic mass is 19.1. The number of carbonyl (C=O) groups is 1. The van der Waals surface area contributed by atoms with Gasteiger partial charge in [0, 0.05) is 11.1 Å². The zero-order valence-electron chi connectivity index (χ0n) is 11.3. The Balaban J connectivity index is 2.35. The number of halogens is 1. The quantitative estimate of drug-likeness (QED) is 0.488. The van der Waals surface area contributed by atoms with Crippen molar-refractivity contribution in [2.24, 2.45) is 0 Å². The molecule has 0 bridgehead atoms. The molecule has 0 saturated carbocycles. The third-order valence-corrected chi connectivity index (χ3v) is 2.92. The van der Waals surface area contributed by atoms with Crippen molar-refractivity contribution in [2.45, 2.75) is 0 Å². The van der Waals surface area contributed by atoms with E-state index < -0.39 is 11.6 Å². The molecule has 0 aliphatic carbocycles. The van der Waals surface area contributed by atoms with Gasteiger partial charge < -0.3 is 4.74 Å². The molecule has 2 aromatic rings. The molecule has 0 aromatic heterocycles. The summed E-state index contributed by atoms with van der Waals surface area (Å²) in [7, 11) is 1.52. The van der Waals surface area contributed by atoms with Crippen LogP contribution in [0.3, 0.4) is 0 Å². The second-order valence-electron chi connectivity index (χ2n) is 4.25. The highest BCUT2D eigenvalue weighted by Crippen LogP contribution is 2.17. The van der Waals surface area contributed by atoms with Crippen molar-refractivity contribution in [1.29, 1.82) is 5.26 Å². The number of hydrogen-bond donors (Lipinski definition) is 0. The molecule has 3 nitrogen and oxygen atoms in total. The summed E-state index contributed by atoms with van der Waals surface area (Å²) in [4.78, 5) is 12.2.